The van der Waals surface area contributed by atoms with Gasteiger partial charge in [0.05, 0.1) is 34.2 Å². The summed E-state index contributed by atoms with van der Waals surface area (Å²) in [6.07, 6.45) is 0. The lowest BCUT2D eigenvalue weighted by molar-refractivity contribution is 1.18. The van der Waals surface area contributed by atoms with Gasteiger partial charge in [-0.25, -0.2) is 29.9 Å². The molecule has 0 N–H and O–H groups in total. The number of thiophene rings is 6. The monoisotopic (exact) mass is 1990 g/mol. The van der Waals surface area contributed by atoms with Gasteiger partial charge in [-0.05, 0) is 206 Å². The van der Waals surface area contributed by atoms with Crippen molar-refractivity contribution in [1.82, 2.24) is 29.9 Å². The maximum atomic E-state index is 5.37. The van der Waals surface area contributed by atoms with Crippen molar-refractivity contribution in [1.29, 1.82) is 0 Å². The van der Waals surface area contributed by atoms with E-state index < -0.39 is 0 Å². The van der Waals surface area contributed by atoms with Crippen molar-refractivity contribution in [3.8, 4) is 157 Å². The fraction of sp³-hybridized carbons (Fsp3) is 0. The van der Waals surface area contributed by atoms with E-state index in [1.807, 2.05) is 74.1 Å². The second-order valence-electron chi connectivity index (χ2n) is 37.4. The molecule has 0 amide bonds. The topological polar surface area (TPSA) is 77.3 Å². The minimum atomic E-state index is 0.718. The lowest BCUT2D eigenvalue weighted by Gasteiger charge is -2.14. The summed E-state index contributed by atoms with van der Waals surface area (Å²) in [6, 6.07) is 178. The molecule has 0 aliphatic carbocycles. The van der Waals surface area contributed by atoms with Gasteiger partial charge in [0, 0.05) is 171 Å². The molecule has 9 aromatic heterocycles. The maximum Gasteiger partial charge on any atom is 0.160 e. The summed E-state index contributed by atoms with van der Waals surface area (Å²) in [5.41, 5.74) is 26.5. The molecule has 0 saturated carbocycles. The maximum absolute atomic E-state index is 5.37. The summed E-state index contributed by atoms with van der Waals surface area (Å²) in [5, 5.41) is 17.9. The Morgan fingerprint density at radius 3 is 0.608 bits per heavy atom. The molecule has 12 heteroatoms. The van der Waals surface area contributed by atoms with Gasteiger partial charge in [0.25, 0.3) is 0 Å². The number of nitrogens with zero attached hydrogens (tertiary/aromatic N) is 6. The first kappa shape index (κ1) is 88.2. The molecule has 0 bridgehead atoms. The average Bonchev–Trinajstić information content (AvgIpc) is 1.63. The Balaban J connectivity index is 0.000000108. The molecule has 30 aromatic rings. The van der Waals surface area contributed by atoms with Crippen molar-refractivity contribution in [3.63, 3.8) is 0 Å². The number of benzene rings is 21. The lowest BCUT2D eigenvalue weighted by atomic mass is 9.93. The number of hydrogen-bond acceptors (Lipinski definition) is 12. The molecule has 0 fully saturated rings. The highest BCUT2D eigenvalue weighted by molar-refractivity contribution is 7.28. The predicted octanol–water partition coefficient (Wildman–Crippen LogP) is 40.1. The molecule has 30 rings (SSSR count). The third-order valence-corrected chi connectivity index (χ3v) is 35.0. The van der Waals surface area contributed by atoms with Crippen LogP contribution in [0.4, 0.5) is 0 Å². The van der Waals surface area contributed by atoms with Gasteiger partial charge in [-0.15, -0.1) is 68.0 Å². The van der Waals surface area contributed by atoms with Gasteiger partial charge in [-0.1, -0.05) is 358 Å². The number of fused-ring (bicyclic) bond motifs is 19. The Bertz CT molecular complexity index is 10000. The zero-order valence-corrected chi connectivity index (χ0v) is 84.4. The van der Waals surface area contributed by atoms with Crippen LogP contribution in [0.15, 0.2) is 497 Å². The van der Waals surface area contributed by atoms with E-state index in [1.54, 1.807) is 0 Å². The minimum Gasteiger partial charge on any atom is -0.228 e. The van der Waals surface area contributed by atoms with Crippen molar-refractivity contribution in [3.05, 3.63) is 497 Å². The first-order valence-electron chi connectivity index (χ1n) is 49.5. The Morgan fingerprint density at radius 1 is 0.101 bits per heavy atom. The molecule has 6 nitrogen and oxygen atoms in total. The van der Waals surface area contributed by atoms with Gasteiger partial charge in [-0.3, -0.25) is 0 Å². The molecule has 0 unspecified atom stereocenters. The zero-order valence-electron chi connectivity index (χ0n) is 79.5. The molecular weight excluding hydrogens is 1910 g/mol. The van der Waals surface area contributed by atoms with Gasteiger partial charge < -0.3 is 0 Å². The van der Waals surface area contributed by atoms with Crippen LogP contribution in [0.2, 0.25) is 0 Å². The van der Waals surface area contributed by atoms with Crippen LogP contribution in [0.25, 0.3) is 289 Å². The van der Waals surface area contributed by atoms with Crippen LogP contribution < -0.4 is 0 Å². The van der Waals surface area contributed by atoms with Crippen molar-refractivity contribution in [2.24, 2.45) is 0 Å². The Morgan fingerprint density at radius 2 is 0.297 bits per heavy atom. The number of rotatable bonds is 14. The van der Waals surface area contributed by atoms with E-state index in [4.69, 9.17) is 29.9 Å². The fourth-order valence-electron chi connectivity index (χ4n) is 20.8. The molecule has 148 heavy (non-hydrogen) atoms. The van der Waals surface area contributed by atoms with E-state index in [0.29, 0.717) is 0 Å². The third-order valence-electron chi connectivity index (χ3n) is 28.2. The van der Waals surface area contributed by atoms with E-state index >= 15 is 0 Å². The SMILES string of the molecule is c1ccc(-c2cc(-c3ccc4ccccc4c3)cc(-c3cc(-c4ccc5c(c4)sc4ccccc45)nc(-c4ccc5c(c4)sc4ccccc45)n3)c2)cc1.c1ccc(-c2cc(-c3ccccc3)cc(-c3cc(-c4ccc5c(c4)sc4ccccc45)nc(-c4ccc5c(c4)sc4ccccc45)n3)c2)cc1.c1ccc(-c2cccc(-c3nc(-c4ccc5c(c4)sc4ccccc45)cc(-c4ccc5c(c4)sc4ccccc45)n3)c2)cc1. The third kappa shape index (κ3) is 16.8. The quantitative estimate of drug-likeness (QED) is 0.108. The van der Waals surface area contributed by atoms with E-state index in [-0.39, 0.29) is 0 Å². The van der Waals surface area contributed by atoms with Crippen LogP contribution >= 0.6 is 68.0 Å². The Labute approximate surface area is 876 Å². The van der Waals surface area contributed by atoms with Crippen LogP contribution in [-0.4, -0.2) is 29.9 Å². The Kier molecular flexibility index (Phi) is 22.4. The number of aromatic nitrogens is 6. The molecule has 21 aromatic carbocycles. The largest absolute Gasteiger partial charge is 0.228 e. The van der Waals surface area contributed by atoms with Gasteiger partial charge in [-0.2, -0.15) is 0 Å². The van der Waals surface area contributed by atoms with Crippen molar-refractivity contribution < 1.29 is 0 Å². The molecule has 9 heterocycles. The summed E-state index contributed by atoms with van der Waals surface area (Å²) < 4.78 is 15.3. The second-order valence-corrected chi connectivity index (χ2v) is 43.9. The van der Waals surface area contributed by atoms with Crippen LogP contribution in [-0.2, 0) is 0 Å². The molecule has 0 spiro atoms. The highest BCUT2D eigenvalue weighted by Crippen LogP contribution is 2.48. The average molecular weight is 1990 g/mol. The smallest absolute Gasteiger partial charge is 0.160 e. The number of hydrogen-bond donors (Lipinski definition) is 0. The second kappa shape index (κ2) is 37.6. The molecule has 0 aliphatic rings. The first-order valence-corrected chi connectivity index (χ1v) is 54.4. The van der Waals surface area contributed by atoms with Gasteiger partial charge in [0.2, 0.25) is 0 Å². The van der Waals surface area contributed by atoms with Crippen LogP contribution in [0, 0.1) is 0 Å². The Hall–Kier alpha value is -17.6. The summed E-state index contributed by atoms with van der Waals surface area (Å²) in [4.78, 5) is 31.7. The van der Waals surface area contributed by atoms with Gasteiger partial charge in [0.1, 0.15) is 0 Å². The zero-order chi connectivity index (χ0) is 97.6. The standard InChI is InChI=1S/C50H30N2S2.C46H28N2S2.C40H24N2S2/c1-2-10-31(11-3-1)37-25-38(34-19-18-32-12-4-5-13-33(32)24-34)27-39(26-37)45-30-44(35-20-22-42-40-14-6-8-16-46(40)53-48(42)28-35)51-50(52-45)36-21-23-43-41-15-7-9-17-47(41)54-49(43)29-36;1-3-11-29(12-4-1)33-23-34(30-13-5-2-6-14-30)25-35(24-33)41-28-40(31-19-21-38-36-15-7-9-17-42(36)49-44(38)26-31)47-46(48-41)32-20-22-39-37-16-8-10-18-43(37)50-45(39)27-32;1-2-9-25(10-3-1)26-11-8-12-29(21-26)40-41-34(27-17-19-32-30-13-4-6-15-36(30)43-38(32)22-27)24-35(42-40)28-18-20-33-31-14-5-7-16-37(31)44-39(33)23-28/h1-30H;1-28H;1-24H. The molecular formula is C136H82N6S6. The molecule has 0 radical (unpaired) electrons. The first-order chi connectivity index (χ1) is 73.2. The molecule has 0 saturated heterocycles. The normalized spacial score (nSPS) is 11.6. The van der Waals surface area contributed by atoms with E-state index in [9.17, 15) is 0 Å². The fourth-order valence-corrected chi connectivity index (χ4v) is 27.7. The van der Waals surface area contributed by atoms with E-state index in [1.165, 1.54) is 160 Å². The van der Waals surface area contributed by atoms with Crippen LogP contribution in [0.5, 0.6) is 0 Å². The van der Waals surface area contributed by atoms with Crippen LogP contribution in [0.1, 0.15) is 0 Å². The highest BCUT2D eigenvalue weighted by atomic mass is 32.1. The predicted molar refractivity (Wildman–Crippen MR) is 637 cm³/mol. The summed E-state index contributed by atoms with van der Waals surface area (Å²) >= 11 is 11.0. The highest BCUT2D eigenvalue weighted by Gasteiger charge is 2.23. The summed E-state index contributed by atoms with van der Waals surface area (Å²) in [5.74, 6) is 2.17. The van der Waals surface area contributed by atoms with Crippen molar-refractivity contribution in [2.75, 3.05) is 0 Å². The molecule has 692 valence electrons. The minimum absolute atomic E-state index is 0.718. The van der Waals surface area contributed by atoms with Gasteiger partial charge in [0.15, 0.2) is 17.5 Å². The van der Waals surface area contributed by atoms with E-state index in [0.717, 1.165) is 130 Å². The molecule has 0 aliphatic heterocycles. The van der Waals surface area contributed by atoms with Gasteiger partial charge >= 0.3 is 0 Å². The summed E-state index contributed by atoms with van der Waals surface area (Å²) in [7, 11) is 0. The summed E-state index contributed by atoms with van der Waals surface area (Å²) in [6.45, 7) is 0. The van der Waals surface area contributed by atoms with Crippen LogP contribution in [0.3, 0.4) is 0 Å². The van der Waals surface area contributed by atoms with E-state index in [2.05, 4.69) is 491 Å². The van der Waals surface area contributed by atoms with Crippen molar-refractivity contribution >= 4 is 200 Å². The molecule has 0 atom stereocenters. The lowest BCUT2D eigenvalue weighted by Crippen LogP contribution is -1.96. The van der Waals surface area contributed by atoms with Crippen molar-refractivity contribution in [2.45, 2.75) is 0 Å².